The zero-order valence-electron chi connectivity index (χ0n) is 19.8. The summed E-state index contributed by atoms with van der Waals surface area (Å²) in [6.07, 6.45) is 0. The minimum atomic E-state index is -0.104. The number of aromatic amines is 1. The van der Waals surface area contributed by atoms with E-state index < -0.39 is 0 Å². The lowest BCUT2D eigenvalue weighted by Gasteiger charge is -2.26. The number of fused-ring (bicyclic) bond motifs is 2. The molecule has 1 aliphatic rings. The molecule has 1 aliphatic heterocycles. The van der Waals surface area contributed by atoms with Crippen LogP contribution in [0.3, 0.4) is 0 Å². The van der Waals surface area contributed by atoms with Gasteiger partial charge in [0.1, 0.15) is 0 Å². The molecule has 2 N–H and O–H groups in total. The number of aromatic nitrogens is 1. The lowest BCUT2D eigenvalue weighted by Crippen LogP contribution is -2.39. The molecule has 0 atom stereocenters. The Kier molecular flexibility index (Phi) is 6.42. The van der Waals surface area contributed by atoms with Crippen LogP contribution < -0.4 is 20.3 Å². The van der Waals surface area contributed by atoms with Gasteiger partial charge in [-0.25, -0.2) is 0 Å². The molecule has 3 aromatic carbocycles. The number of thiocarbonyl (C=S) groups is 1. The second kappa shape index (κ2) is 9.80. The lowest BCUT2D eigenvalue weighted by atomic mass is 10.0. The third-order valence-corrected chi connectivity index (χ3v) is 6.78. The van der Waals surface area contributed by atoms with Crippen molar-refractivity contribution >= 4 is 28.2 Å². The van der Waals surface area contributed by atoms with E-state index in [1.54, 1.807) is 0 Å². The monoisotopic (exact) mass is 485 g/mol. The van der Waals surface area contributed by atoms with Crippen molar-refractivity contribution in [2.24, 2.45) is 0 Å². The van der Waals surface area contributed by atoms with Gasteiger partial charge in [-0.3, -0.25) is 4.79 Å². The van der Waals surface area contributed by atoms with Crippen LogP contribution in [0.2, 0.25) is 0 Å². The Balaban J connectivity index is 1.43. The Morgan fingerprint density at radius 3 is 2.60 bits per heavy atom. The van der Waals surface area contributed by atoms with E-state index in [0.717, 1.165) is 44.7 Å². The van der Waals surface area contributed by atoms with Crippen LogP contribution in [0.4, 0.5) is 0 Å². The zero-order valence-corrected chi connectivity index (χ0v) is 20.6. The summed E-state index contributed by atoms with van der Waals surface area (Å²) < 4.78 is 11.0. The van der Waals surface area contributed by atoms with Crippen molar-refractivity contribution < 1.29 is 9.47 Å². The van der Waals surface area contributed by atoms with E-state index >= 15 is 0 Å². The van der Waals surface area contributed by atoms with Crippen LogP contribution in [0.1, 0.15) is 27.8 Å². The Labute approximate surface area is 209 Å². The van der Waals surface area contributed by atoms with Gasteiger partial charge in [0.2, 0.25) is 6.79 Å². The maximum atomic E-state index is 13.1. The second-order valence-corrected chi connectivity index (χ2v) is 9.17. The number of rotatable bonds is 6. The normalized spacial score (nSPS) is 12.1. The predicted molar refractivity (Wildman–Crippen MR) is 142 cm³/mol. The minimum absolute atomic E-state index is 0.104. The summed E-state index contributed by atoms with van der Waals surface area (Å²) in [5, 5.41) is 4.94. The molecule has 2 heterocycles. The molecule has 0 amide bonds. The Morgan fingerprint density at radius 2 is 1.77 bits per heavy atom. The van der Waals surface area contributed by atoms with Gasteiger partial charge in [0.05, 0.1) is 12.1 Å². The zero-order chi connectivity index (χ0) is 24.4. The maximum Gasteiger partial charge on any atom is 0.253 e. The predicted octanol–water partition coefficient (Wildman–Crippen LogP) is 4.95. The van der Waals surface area contributed by atoms with E-state index in [0.29, 0.717) is 30.3 Å². The molecular formula is C28H27N3O3S. The summed E-state index contributed by atoms with van der Waals surface area (Å²) in [6, 6.07) is 22.1. The summed E-state index contributed by atoms with van der Waals surface area (Å²) in [5.41, 5.74) is 5.82. The second-order valence-electron chi connectivity index (χ2n) is 8.78. The number of hydrogen-bond acceptors (Lipinski definition) is 4. The van der Waals surface area contributed by atoms with Crippen LogP contribution in [0.5, 0.6) is 11.5 Å². The molecule has 0 saturated heterocycles. The maximum absolute atomic E-state index is 13.1. The summed E-state index contributed by atoms with van der Waals surface area (Å²) in [7, 11) is 0. The highest BCUT2D eigenvalue weighted by atomic mass is 32.1. The van der Waals surface area contributed by atoms with Gasteiger partial charge in [-0.2, -0.15) is 0 Å². The van der Waals surface area contributed by atoms with Gasteiger partial charge in [-0.1, -0.05) is 48.5 Å². The van der Waals surface area contributed by atoms with E-state index in [-0.39, 0.29) is 12.4 Å². The molecule has 7 heteroatoms. The summed E-state index contributed by atoms with van der Waals surface area (Å²) in [6.45, 7) is 5.79. The smallest absolute Gasteiger partial charge is 0.253 e. The molecular weight excluding hydrogens is 458 g/mol. The standard InChI is InChI=1S/C28H27N3O3S/c1-18-8-10-22-13-23(27(32)30-26(22)19(18)2)16-31(28(35)29-14-20-6-4-3-5-7-20)15-21-9-11-24-25(12-21)34-17-33-24/h3-13H,14-17H2,1-2H3,(H,29,35)(H,30,32). The fraction of sp³-hybridized carbons (Fsp3) is 0.214. The fourth-order valence-electron chi connectivity index (χ4n) is 4.24. The number of benzene rings is 3. The van der Waals surface area contributed by atoms with E-state index in [1.165, 1.54) is 0 Å². The average molecular weight is 486 g/mol. The van der Waals surface area contributed by atoms with Gasteiger partial charge in [0.15, 0.2) is 16.6 Å². The van der Waals surface area contributed by atoms with E-state index in [9.17, 15) is 4.79 Å². The molecule has 0 fully saturated rings. The van der Waals surface area contributed by atoms with Crippen LogP contribution in [-0.4, -0.2) is 21.8 Å². The topological polar surface area (TPSA) is 66.6 Å². The molecule has 0 unspecified atom stereocenters. The minimum Gasteiger partial charge on any atom is -0.454 e. The molecule has 35 heavy (non-hydrogen) atoms. The number of aryl methyl sites for hydroxylation is 2. The van der Waals surface area contributed by atoms with Gasteiger partial charge in [-0.05, 0) is 71.9 Å². The SMILES string of the molecule is Cc1ccc2cc(CN(Cc3ccc4c(c3)OCO4)C(=S)NCc3ccccc3)c(=O)[nH]c2c1C. The summed E-state index contributed by atoms with van der Waals surface area (Å²) in [4.78, 5) is 18.1. The first-order valence-electron chi connectivity index (χ1n) is 11.6. The van der Waals surface area contributed by atoms with Gasteiger partial charge in [0, 0.05) is 18.7 Å². The number of hydrogen-bond donors (Lipinski definition) is 2. The molecule has 5 rings (SSSR count). The van der Waals surface area contributed by atoms with Crippen LogP contribution in [0, 0.1) is 13.8 Å². The molecule has 0 spiro atoms. The van der Waals surface area contributed by atoms with Gasteiger partial charge < -0.3 is 24.7 Å². The molecule has 0 radical (unpaired) electrons. The lowest BCUT2D eigenvalue weighted by molar-refractivity contribution is 0.174. The van der Waals surface area contributed by atoms with Gasteiger partial charge in [0.25, 0.3) is 5.56 Å². The van der Waals surface area contributed by atoms with Crippen molar-refractivity contribution in [3.05, 3.63) is 105 Å². The molecule has 0 bridgehead atoms. The molecule has 178 valence electrons. The summed E-state index contributed by atoms with van der Waals surface area (Å²) >= 11 is 5.80. The highest BCUT2D eigenvalue weighted by Crippen LogP contribution is 2.33. The number of nitrogens with zero attached hydrogens (tertiary/aromatic N) is 1. The number of H-pyrrole nitrogens is 1. The molecule has 6 nitrogen and oxygen atoms in total. The van der Waals surface area contributed by atoms with Gasteiger partial charge in [-0.15, -0.1) is 0 Å². The number of pyridine rings is 1. The van der Waals surface area contributed by atoms with Crippen molar-refractivity contribution in [3.8, 4) is 11.5 Å². The molecule has 0 aliphatic carbocycles. The van der Waals surface area contributed by atoms with E-state index in [4.69, 9.17) is 21.7 Å². The van der Waals surface area contributed by atoms with Crippen LogP contribution in [0.25, 0.3) is 10.9 Å². The van der Waals surface area contributed by atoms with Crippen molar-refractivity contribution in [1.82, 2.24) is 15.2 Å². The third-order valence-electron chi connectivity index (χ3n) is 6.37. The Bertz CT molecular complexity index is 1450. The number of nitrogens with one attached hydrogen (secondary N) is 2. The largest absolute Gasteiger partial charge is 0.454 e. The average Bonchev–Trinajstić information content (AvgIpc) is 3.34. The first-order chi connectivity index (χ1) is 17.0. The van der Waals surface area contributed by atoms with E-state index in [1.807, 2.05) is 67.3 Å². The van der Waals surface area contributed by atoms with E-state index in [2.05, 4.69) is 28.5 Å². The van der Waals surface area contributed by atoms with Crippen LogP contribution in [-0.2, 0) is 19.6 Å². The van der Waals surface area contributed by atoms with Crippen molar-refractivity contribution in [2.45, 2.75) is 33.5 Å². The third kappa shape index (κ3) is 5.00. The molecule has 4 aromatic rings. The van der Waals surface area contributed by atoms with Crippen LogP contribution in [0.15, 0.2) is 71.5 Å². The van der Waals surface area contributed by atoms with Gasteiger partial charge >= 0.3 is 0 Å². The van der Waals surface area contributed by atoms with Crippen molar-refractivity contribution in [1.29, 1.82) is 0 Å². The highest BCUT2D eigenvalue weighted by molar-refractivity contribution is 7.80. The molecule has 0 saturated carbocycles. The van der Waals surface area contributed by atoms with Crippen molar-refractivity contribution in [3.63, 3.8) is 0 Å². The Hall–Kier alpha value is -3.84. The fourth-order valence-corrected chi connectivity index (χ4v) is 4.44. The van der Waals surface area contributed by atoms with Crippen molar-refractivity contribution in [2.75, 3.05) is 6.79 Å². The highest BCUT2D eigenvalue weighted by Gasteiger charge is 2.18. The number of ether oxygens (including phenoxy) is 2. The quantitative estimate of drug-likeness (QED) is 0.377. The summed E-state index contributed by atoms with van der Waals surface area (Å²) in [5.74, 6) is 1.46. The first kappa shape index (κ1) is 22.9. The van der Waals surface area contributed by atoms with Crippen LogP contribution >= 0.6 is 12.2 Å². The molecule has 1 aromatic heterocycles. The first-order valence-corrected chi connectivity index (χ1v) is 12.0. The Morgan fingerprint density at radius 1 is 0.971 bits per heavy atom.